The van der Waals surface area contributed by atoms with Gasteiger partial charge in [-0.25, -0.2) is 13.2 Å². The second kappa shape index (κ2) is 9.71. The molecule has 0 saturated heterocycles. The first-order valence-electron chi connectivity index (χ1n) is 9.54. The van der Waals surface area contributed by atoms with Crippen LogP contribution in [0.2, 0.25) is 0 Å². The lowest BCUT2D eigenvalue weighted by Gasteiger charge is -2.15. The molecule has 0 aromatic heterocycles. The van der Waals surface area contributed by atoms with Crippen LogP contribution >= 0.6 is 0 Å². The van der Waals surface area contributed by atoms with Gasteiger partial charge in [0.2, 0.25) is 0 Å². The van der Waals surface area contributed by atoms with Crippen LogP contribution in [0, 0.1) is 0 Å². The largest absolute Gasteiger partial charge is 0.497 e. The third-order valence-electron chi connectivity index (χ3n) is 4.71. The standard InChI is InChI=1S/C21H23N3O7S/c1-30-16-5-3-4-15(12-16)23-32(28,29)17-8-6-14(7-9-17)22-19-18(21(27)31-2)13-24(10-11-25)20(19)26/h3-9,12,22-23,25H,10-11,13H2,1-2H3. The van der Waals surface area contributed by atoms with Crippen molar-refractivity contribution in [1.29, 1.82) is 0 Å². The van der Waals surface area contributed by atoms with Crippen molar-refractivity contribution in [2.45, 2.75) is 4.90 Å². The van der Waals surface area contributed by atoms with E-state index in [1.54, 1.807) is 24.3 Å². The van der Waals surface area contributed by atoms with Crippen LogP contribution in [0.3, 0.4) is 0 Å². The van der Waals surface area contributed by atoms with Gasteiger partial charge in [-0.3, -0.25) is 9.52 Å². The number of methoxy groups -OCH3 is 2. The highest BCUT2D eigenvalue weighted by Gasteiger charge is 2.34. The number of nitrogens with one attached hydrogen (secondary N) is 2. The zero-order chi connectivity index (χ0) is 23.3. The molecule has 3 rings (SSSR count). The summed E-state index contributed by atoms with van der Waals surface area (Å²) in [5.41, 5.74) is 0.902. The average Bonchev–Trinajstić information content (AvgIpc) is 3.09. The van der Waals surface area contributed by atoms with E-state index in [1.165, 1.54) is 43.4 Å². The minimum absolute atomic E-state index is 0.00528. The number of nitrogens with zero attached hydrogens (tertiary/aromatic N) is 1. The van der Waals surface area contributed by atoms with Crippen molar-refractivity contribution in [3.05, 3.63) is 59.8 Å². The molecule has 1 aliphatic heterocycles. The minimum atomic E-state index is -3.86. The Morgan fingerprint density at radius 3 is 2.47 bits per heavy atom. The van der Waals surface area contributed by atoms with Gasteiger partial charge in [0.05, 0.1) is 43.5 Å². The third kappa shape index (κ3) is 5.01. The molecule has 0 atom stereocenters. The van der Waals surface area contributed by atoms with Gasteiger partial charge in [0.15, 0.2) is 0 Å². The molecule has 0 aliphatic carbocycles. The van der Waals surface area contributed by atoms with E-state index < -0.39 is 21.9 Å². The molecule has 0 fully saturated rings. The van der Waals surface area contributed by atoms with E-state index in [0.717, 1.165) is 0 Å². The Morgan fingerprint density at radius 1 is 1.12 bits per heavy atom. The molecule has 2 aromatic rings. The Balaban J connectivity index is 1.80. The van der Waals surface area contributed by atoms with Crippen LogP contribution < -0.4 is 14.8 Å². The van der Waals surface area contributed by atoms with E-state index in [9.17, 15) is 18.0 Å². The fourth-order valence-electron chi connectivity index (χ4n) is 3.11. The average molecular weight is 461 g/mol. The van der Waals surface area contributed by atoms with Gasteiger partial charge in [-0.2, -0.15) is 0 Å². The second-order valence-electron chi connectivity index (χ2n) is 6.78. The molecule has 1 amide bonds. The maximum atomic E-state index is 12.7. The summed E-state index contributed by atoms with van der Waals surface area (Å²) in [6, 6.07) is 12.2. The summed E-state index contributed by atoms with van der Waals surface area (Å²) >= 11 is 0. The number of hydrogen-bond donors (Lipinski definition) is 3. The summed E-state index contributed by atoms with van der Waals surface area (Å²) in [5.74, 6) is -0.616. The molecule has 0 saturated carbocycles. The van der Waals surface area contributed by atoms with Crippen molar-refractivity contribution in [1.82, 2.24) is 4.90 Å². The summed E-state index contributed by atoms with van der Waals surface area (Å²) in [7, 11) is -1.17. The number of β-amino-alcohol motifs (C(OH)–C–C–N with tert-alkyl or cyclic N) is 1. The lowest BCUT2D eigenvalue weighted by Crippen LogP contribution is -2.31. The molecule has 0 unspecified atom stereocenters. The van der Waals surface area contributed by atoms with Gasteiger partial charge in [0.25, 0.3) is 15.9 Å². The molecule has 10 nitrogen and oxygen atoms in total. The number of sulfonamides is 1. The van der Waals surface area contributed by atoms with Crippen LogP contribution in [-0.2, 0) is 24.3 Å². The maximum absolute atomic E-state index is 12.7. The molecule has 0 spiro atoms. The molecule has 11 heteroatoms. The lowest BCUT2D eigenvalue weighted by atomic mass is 10.2. The third-order valence-corrected chi connectivity index (χ3v) is 6.11. The first-order chi connectivity index (χ1) is 15.3. The first kappa shape index (κ1) is 23.1. The molecule has 32 heavy (non-hydrogen) atoms. The van der Waals surface area contributed by atoms with E-state index in [0.29, 0.717) is 17.1 Å². The summed E-state index contributed by atoms with van der Waals surface area (Å²) in [6.07, 6.45) is 0. The normalized spacial score (nSPS) is 13.8. The lowest BCUT2D eigenvalue weighted by molar-refractivity contribution is -0.136. The van der Waals surface area contributed by atoms with E-state index >= 15 is 0 Å². The topological polar surface area (TPSA) is 134 Å². The molecule has 170 valence electrons. The predicted molar refractivity (Wildman–Crippen MR) is 117 cm³/mol. The summed E-state index contributed by atoms with van der Waals surface area (Å²) in [4.78, 5) is 26.0. The van der Waals surface area contributed by atoms with Crippen LogP contribution in [-0.4, -0.2) is 64.2 Å². The molecule has 1 heterocycles. The van der Waals surface area contributed by atoms with Crippen molar-refractivity contribution in [2.75, 3.05) is 44.0 Å². The van der Waals surface area contributed by atoms with Crippen molar-refractivity contribution < 1.29 is 32.6 Å². The number of ether oxygens (including phenoxy) is 2. The Hall–Kier alpha value is -3.57. The van der Waals surface area contributed by atoms with Crippen LogP contribution in [0.25, 0.3) is 0 Å². The number of aliphatic hydroxyl groups is 1. The van der Waals surface area contributed by atoms with Crippen LogP contribution in [0.1, 0.15) is 0 Å². The Kier molecular flexibility index (Phi) is 7.01. The Morgan fingerprint density at radius 2 is 1.84 bits per heavy atom. The van der Waals surface area contributed by atoms with Gasteiger partial charge < -0.3 is 24.8 Å². The number of esters is 1. The first-order valence-corrected chi connectivity index (χ1v) is 11.0. The molecule has 1 aliphatic rings. The van der Waals surface area contributed by atoms with Crippen LogP contribution in [0.4, 0.5) is 11.4 Å². The molecule has 2 aromatic carbocycles. The second-order valence-corrected chi connectivity index (χ2v) is 8.46. The van der Waals surface area contributed by atoms with Crippen molar-refractivity contribution in [2.24, 2.45) is 0 Å². The highest BCUT2D eigenvalue weighted by molar-refractivity contribution is 7.92. The van der Waals surface area contributed by atoms with Crippen molar-refractivity contribution >= 4 is 33.3 Å². The fraction of sp³-hybridized carbons (Fsp3) is 0.238. The fourth-order valence-corrected chi connectivity index (χ4v) is 4.16. The van der Waals surface area contributed by atoms with Crippen molar-refractivity contribution in [3.63, 3.8) is 0 Å². The number of carbonyl (C=O) groups excluding carboxylic acids is 2. The molecule has 3 N–H and O–H groups in total. The number of aliphatic hydroxyl groups excluding tert-OH is 1. The summed E-state index contributed by atoms with van der Waals surface area (Å²) < 4.78 is 37.7. The smallest absolute Gasteiger partial charge is 0.337 e. The zero-order valence-corrected chi connectivity index (χ0v) is 18.3. The van der Waals surface area contributed by atoms with Crippen molar-refractivity contribution in [3.8, 4) is 5.75 Å². The van der Waals surface area contributed by atoms with Crippen LogP contribution in [0.5, 0.6) is 5.75 Å². The van der Waals surface area contributed by atoms with E-state index in [2.05, 4.69) is 10.0 Å². The Bertz CT molecular complexity index is 1140. The number of rotatable bonds is 9. The molecular formula is C21H23N3O7S. The molecular weight excluding hydrogens is 438 g/mol. The van der Waals surface area contributed by atoms with Gasteiger partial charge in [0, 0.05) is 18.3 Å². The van der Waals surface area contributed by atoms with Gasteiger partial charge >= 0.3 is 5.97 Å². The van der Waals surface area contributed by atoms with Gasteiger partial charge in [0.1, 0.15) is 11.4 Å². The van der Waals surface area contributed by atoms with E-state index in [-0.39, 0.29) is 35.9 Å². The quantitative estimate of drug-likeness (QED) is 0.474. The predicted octanol–water partition coefficient (Wildman–Crippen LogP) is 1.17. The highest BCUT2D eigenvalue weighted by atomic mass is 32.2. The number of benzene rings is 2. The zero-order valence-electron chi connectivity index (χ0n) is 17.5. The van der Waals surface area contributed by atoms with Gasteiger partial charge in [-0.05, 0) is 36.4 Å². The highest BCUT2D eigenvalue weighted by Crippen LogP contribution is 2.25. The number of amides is 1. The van der Waals surface area contributed by atoms with E-state index in [1.807, 2.05) is 0 Å². The number of carbonyl (C=O) groups is 2. The molecule has 0 radical (unpaired) electrons. The Labute approximate surface area is 185 Å². The number of anilines is 2. The SMILES string of the molecule is COC(=O)C1=C(Nc2ccc(S(=O)(=O)Nc3cccc(OC)c3)cc2)C(=O)N(CCO)C1. The van der Waals surface area contributed by atoms with Crippen LogP contribution in [0.15, 0.2) is 64.7 Å². The van der Waals surface area contributed by atoms with Gasteiger partial charge in [-0.15, -0.1) is 0 Å². The maximum Gasteiger partial charge on any atom is 0.337 e. The monoisotopic (exact) mass is 461 g/mol. The summed E-state index contributed by atoms with van der Waals surface area (Å²) in [5, 5.41) is 12.0. The summed E-state index contributed by atoms with van der Waals surface area (Å²) in [6.45, 7) is -0.177. The number of hydrogen-bond acceptors (Lipinski definition) is 8. The van der Waals surface area contributed by atoms with E-state index in [4.69, 9.17) is 14.6 Å². The van der Waals surface area contributed by atoms with Gasteiger partial charge in [-0.1, -0.05) is 6.07 Å². The molecule has 0 bridgehead atoms. The minimum Gasteiger partial charge on any atom is -0.497 e.